The molecule has 0 unspecified atom stereocenters. The summed E-state index contributed by atoms with van der Waals surface area (Å²) in [7, 11) is -1.86. The Morgan fingerprint density at radius 3 is 2.39 bits per heavy atom. The molecule has 23 heavy (non-hydrogen) atoms. The summed E-state index contributed by atoms with van der Waals surface area (Å²) in [6.07, 6.45) is 2.20. The first-order valence-corrected chi connectivity index (χ1v) is 9.11. The third kappa shape index (κ3) is 3.13. The molecule has 2 aliphatic rings. The highest BCUT2D eigenvalue weighted by Crippen LogP contribution is 2.52. The number of rotatable bonds is 7. The number of nitrogens with zero attached hydrogens (tertiary/aromatic N) is 1. The summed E-state index contributed by atoms with van der Waals surface area (Å²) in [5.41, 5.74) is 0.567. The Bertz CT molecular complexity index is 688. The van der Waals surface area contributed by atoms with Gasteiger partial charge in [0.25, 0.3) is 0 Å². The van der Waals surface area contributed by atoms with E-state index in [1.165, 1.54) is 16.4 Å². The first-order valence-electron chi connectivity index (χ1n) is 7.67. The molecule has 1 aliphatic carbocycles. The molecular weight excluding hydrogens is 318 g/mol. The molecule has 1 N–H and O–H groups in total. The lowest BCUT2D eigenvalue weighted by molar-refractivity contribution is -0.136. The van der Waals surface area contributed by atoms with Crippen LogP contribution in [0.2, 0.25) is 0 Å². The molecule has 1 aliphatic heterocycles. The van der Waals surface area contributed by atoms with E-state index in [9.17, 15) is 13.2 Å². The number of ether oxygens (including phenoxy) is 1. The zero-order valence-corrected chi connectivity index (χ0v) is 13.9. The molecule has 1 saturated heterocycles. The molecule has 3 rings (SSSR count). The lowest BCUT2D eigenvalue weighted by Gasteiger charge is -2.49. The van der Waals surface area contributed by atoms with E-state index in [1.807, 2.05) is 0 Å². The highest BCUT2D eigenvalue weighted by molar-refractivity contribution is 7.89. The maximum atomic E-state index is 12.7. The van der Waals surface area contributed by atoms with Crippen LogP contribution in [-0.4, -0.2) is 50.6 Å². The van der Waals surface area contributed by atoms with Gasteiger partial charge >= 0.3 is 5.97 Å². The Balaban J connectivity index is 1.71. The summed E-state index contributed by atoms with van der Waals surface area (Å²) in [5, 5.41) is 8.76. The second kappa shape index (κ2) is 5.89. The lowest BCUT2D eigenvalue weighted by Crippen LogP contribution is -2.61. The Labute approximate surface area is 136 Å². The fraction of sp³-hybridized carbons (Fsp3) is 0.562. The van der Waals surface area contributed by atoms with Crippen molar-refractivity contribution in [2.75, 3.05) is 26.8 Å². The molecule has 6 nitrogen and oxygen atoms in total. The standard InChI is InChI=1S/C16H21NO5S/c1-22-11-16(13-4-5-13)9-17(10-16)23(20,21)14-6-2-12(3-7-14)8-15(18)19/h2-3,6-7,13H,4-5,8-11H2,1H3,(H,18,19). The molecule has 0 atom stereocenters. The van der Waals surface area contributed by atoms with E-state index in [0.717, 1.165) is 12.8 Å². The highest BCUT2D eigenvalue weighted by atomic mass is 32.2. The van der Waals surface area contributed by atoms with Crippen molar-refractivity contribution in [3.8, 4) is 0 Å². The number of sulfonamides is 1. The number of carboxylic acid groups (broad SMARTS) is 1. The maximum Gasteiger partial charge on any atom is 0.307 e. The average Bonchev–Trinajstić information content (AvgIpc) is 3.27. The van der Waals surface area contributed by atoms with E-state index < -0.39 is 16.0 Å². The summed E-state index contributed by atoms with van der Waals surface area (Å²) in [6, 6.07) is 6.09. The van der Waals surface area contributed by atoms with Crippen LogP contribution in [0, 0.1) is 11.3 Å². The van der Waals surface area contributed by atoms with Crippen molar-refractivity contribution >= 4 is 16.0 Å². The first kappa shape index (κ1) is 16.4. The van der Waals surface area contributed by atoms with Crippen molar-refractivity contribution in [3.63, 3.8) is 0 Å². The number of hydrogen-bond donors (Lipinski definition) is 1. The van der Waals surface area contributed by atoms with Crippen LogP contribution in [0.15, 0.2) is 29.2 Å². The second-order valence-corrected chi connectivity index (χ2v) is 8.50. The molecule has 126 valence electrons. The van der Waals surface area contributed by atoms with E-state index in [4.69, 9.17) is 9.84 Å². The summed E-state index contributed by atoms with van der Waals surface area (Å²) in [6.45, 7) is 1.61. The normalized spacial score (nSPS) is 20.9. The Hall–Kier alpha value is -1.44. The van der Waals surface area contributed by atoms with E-state index in [1.54, 1.807) is 19.2 Å². The van der Waals surface area contributed by atoms with Gasteiger partial charge in [0.15, 0.2) is 0 Å². The summed E-state index contributed by atoms with van der Waals surface area (Å²) in [4.78, 5) is 10.9. The molecule has 0 bridgehead atoms. The van der Waals surface area contributed by atoms with Crippen molar-refractivity contribution in [1.29, 1.82) is 0 Å². The highest BCUT2D eigenvalue weighted by Gasteiger charge is 2.56. The minimum Gasteiger partial charge on any atom is -0.481 e. The lowest BCUT2D eigenvalue weighted by atomic mass is 9.77. The Morgan fingerprint density at radius 2 is 1.91 bits per heavy atom. The van der Waals surface area contributed by atoms with Gasteiger partial charge < -0.3 is 9.84 Å². The van der Waals surface area contributed by atoms with Gasteiger partial charge in [0.2, 0.25) is 10.0 Å². The van der Waals surface area contributed by atoms with E-state index in [0.29, 0.717) is 31.2 Å². The fourth-order valence-electron chi connectivity index (χ4n) is 3.38. The molecule has 7 heteroatoms. The summed E-state index contributed by atoms with van der Waals surface area (Å²) >= 11 is 0. The van der Waals surface area contributed by atoms with Crippen molar-refractivity contribution in [2.24, 2.45) is 11.3 Å². The van der Waals surface area contributed by atoms with Gasteiger partial charge in [0.05, 0.1) is 17.9 Å². The minimum atomic E-state index is -3.51. The molecule has 1 aromatic rings. The molecular formula is C16H21NO5S. The zero-order valence-electron chi connectivity index (χ0n) is 13.1. The average molecular weight is 339 g/mol. The van der Waals surface area contributed by atoms with Crippen LogP contribution < -0.4 is 0 Å². The van der Waals surface area contributed by atoms with E-state index in [2.05, 4.69) is 0 Å². The zero-order chi connectivity index (χ0) is 16.7. The largest absolute Gasteiger partial charge is 0.481 e. The quantitative estimate of drug-likeness (QED) is 0.811. The van der Waals surface area contributed by atoms with Crippen LogP contribution in [0.1, 0.15) is 18.4 Å². The van der Waals surface area contributed by atoms with Gasteiger partial charge in [-0.25, -0.2) is 8.42 Å². The van der Waals surface area contributed by atoms with E-state index in [-0.39, 0.29) is 16.7 Å². The molecule has 0 radical (unpaired) electrons. The van der Waals surface area contributed by atoms with Gasteiger partial charge in [-0.15, -0.1) is 0 Å². The van der Waals surface area contributed by atoms with Crippen molar-refractivity contribution in [1.82, 2.24) is 4.31 Å². The van der Waals surface area contributed by atoms with Crippen LogP contribution in [-0.2, 0) is 26.0 Å². The Morgan fingerprint density at radius 1 is 1.30 bits per heavy atom. The first-order chi connectivity index (χ1) is 10.9. The van der Waals surface area contributed by atoms with Crippen LogP contribution in [0.25, 0.3) is 0 Å². The summed E-state index contributed by atoms with van der Waals surface area (Å²) in [5.74, 6) is -0.357. The molecule has 1 saturated carbocycles. The van der Waals surface area contributed by atoms with Gasteiger partial charge in [-0.05, 0) is 36.5 Å². The van der Waals surface area contributed by atoms with Gasteiger partial charge in [-0.1, -0.05) is 12.1 Å². The van der Waals surface area contributed by atoms with Gasteiger partial charge in [-0.2, -0.15) is 4.31 Å². The van der Waals surface area contributed by atoms with Crippen molar-refractivity contribution in [2.45, 2.75) is 24.2 Å². The smallest absolute Gasteiger partial charge is 0.307 e. The number of carbonyl (C=O) groups is 1. The molecule has 0 spiro atoms. The predicted octanol–water partition coefficient (Wildman–Crippen LogP) is 1.36. The second-order valence-electron chi connectivity index (χ2n) is 6.56. The van der Waals surface area contributed by atoms with Gasteiger partial charge in [-0.3, -0.25) is 4.79 Å². The van der Waals surface area contributed by atoms with Gasteiger partial charge in [0.1, 0.15) is 0 Å². The number of hydrogen-bond acceptors (Lipinski definition) is 4. The number of benzene rings is 1. The fourth-order valence-corrected chi connectivity index (χ4v) is 5.01. The third-order valence-electron chi connectivity index (χ3n) is 4.77. The molecule has 0 amide bonds. The van der Waals surface area contributed by atoms with Crippen LogP contribution in [0.5, 0.6) is 0 Å². The van der Waals surface area contributed by atoms with E-state index >= 15 is 0 Å². The maximum absolute atomic E-state index is 12.7. The third-order valence-corrected chi connectivity index (χ3v) is 6.58. The monoisotopic (exact) mass is 339 g/mol. The number of methoxy groups -OCH3 is 1. The van der Waals surface area contributed by atoms with Crippen molar-refractivity contribution in [3.05, 3.63) is 29.8 Å². The van der Waals surface area contributed by atoms with Crippen LogP contribution >= 0.6 is 0 Å². The molecule has 1 heterocycles. The Kier molecular flexibility index (Phi) is 4.20. The van der Waals surface area contributed by atoms with Gasteiger partial charge in [0, 0.05) is 25.6 Å². The van der Waals surface area contributed by atoms with Crippen LogP contribution in [0.4, 0.5) is 0 Å². The number of carboxylic acids is 1. The predicted molar refractivity (Wildman–Crippen MR) is 83.6 cm³/mol. The van der Waals surface area contributed by atoms with Crippen molar-refractivity contribution < 1.29 is 23.1 Å². The molecule has 2 fully saturated rings. The number of aliphatic carboxylic acids is 1. The SMILES string of the molecule is COCC1(C2CC2)CN(S(=O)(=O)c2ccc(CC(=O)O)cc2)C1. The minimum absolute atomic E-state index is 0.0227. The summed E-state index contributed by atoms with van der Waals surface area (Å²) < 4.78 is 32.1. The molecule has 1 aromatic carbocycles. The topological polar surface area (TPSA) is 83.9 Å². The molecule has 0 aromatic heterocycles. The van der Waals surface area contributed by atoms with Crippen LogP contribution in [0.3, 0.4) is 0 Å².